The number of carbonyl (C=O) groups is 1. The number of nitrogens with one attached hydrogen (secondary N) is 2. The van der Waals surface area contributed by atoms with E-state index in [1.807, 2.05) is 69.6 Å². The second-order valence-electron chi connectivity index (χ2n) is 9.18. The van der Waals surface area contributed by atoms with Crippen LogP contribution in [-0.4, -0.2) is 41.4 Å². The first-order valence-corrected chi connectivity index (χ1v) is 13.6. The van der Waals surface area contributed by atoms with Gasteiger partial charge < -0.3 is 15.5 Å². The molecule has 2 heterocycles. The van der Waals surface area contributed by atoms with Gasteiger partial charge >= 0.3 is 0 Å². The van der Waals surface area contributed by atoms with Crippen LogP contribution in [0.4, 0.5) is 17.1 Å². The number of carbonyl (C=O) groups excluding carboxylic acids is 1. The number of pyridine rings is 2. The van der Waals surface area contributed by atoms with Gasteiger partial charge in [-0.1, -0.05) is 17.7 Å². The third kappa shape index (κ3) is 7.01. The molecule has 7 nitrogen and oxygen atoms in total. The zero-order valence-corrected chi connectivity index (χ0v) is 23.2. The minimum atomic E-state index is -0.0428. The van der Waals surface area contributed by atoms with Gasteiger partial charge in [-0.15, -0.1) is 11.8 Å². The molecule has 2 N–H and O–H groups in total. The van der Waals surface area contributed by atoms with Gasteiger partial charge in [0.05, 0.1) is 27.5 Å². The lowest BCUT2D eigenvalue weighted by Gasteiger charge is -2.16. The fourth-order valence-corrected chi connectivity index (χ4v) is 5.12. The first-order valence-electron chi connectivity index (χ1n) is 12.2. The topological polar surface area (TPSA) is 93.9 Å². The van der Waals surface area contributed by atoms with Gasteiger partial charge in [-0.25, -0.2) is 0 Å². The summed E-state index contributed by atoms with van der Waals surface area (Å²) in [5, 5.41) is 17.5. The molecule has 9 heteroatoms. The summed E-state index contributed by atoms with van der Waals surface area (Å²) in [4.78, 5) is 24.4. The predicted octanol–water partition coefficient (Wildman–Crippen LogP) is 6.78. The molecule has 2 aromatic carbocycles. The minimum absolute atomic E-state index is 0.0428. The highest BCUT2D eigenvalue weighted by atomic mass is 35.5. The number of aromatic nitrogens is 2. The van der Waals surface area contributed by atoms with Crippen LogP contribution in [0.5, 0.6) is 0 Å². The maximum Gasteiger partial charge on any atom is 0.224 e. The zero-order valence-electron chi connectivity index (χ0n) is 21.6. The Morgan fingerprint density at radius 1 is 1.16 bits per heavy atom. The normalized spacial score (nSPS) is 10.9. The molecule has 0 fully saturated rings. The van der Waals surface area contributed by atoms with Crippen LogP contribution < -0.4 is 10.6 Å². The molecule has 0 aliphatic heterocycles. The van der Waals surface area contributed by atoms with E-state index in [4.69, 9.17) is 11.6 Å². The number of hydrogen-bond acceptors (Lipinski definition) is 7. The second kappa shape index (κ2) is 12.7. The van der Waals surface area contributed by atoms with Crippen molar-refractivity contribution in [2.45, 2.75) is 30.4 Å². The average molecular weight is 545 g/mol. The van der Waals surface area contributed by atoms with E-state index < -0.39 is 0 Å². The number of aryl methyl sites for hydroxylation is 1. The van der Waals surface area contributed by atoms with E-state index in [0.29, 0.717) is 34.1 Å². The average Bonchev–Trinajstić information content (AvgIpc) is 2.89. The summed E-state index contributed by atoms with van der Waals surface area (Å²) in [5.41, 5.74) is 5.07. The lowest BCUT2D eigenvalue weighted by atomic mass is 10.0. The summed E-state index contributed by atoms with van der Waals surface area (Å²) in [5.74, 6) is 0.669. The first kappa shape index (κ1) is 27.4. The van der Waals surface area contributed by atoms with Crippen LogP contribution in [0.25, 0.3) is 10.9 Å². The van der Waals surface area contributed by atoms with Crippen LogP contribution in [0, 0.1) is 18.3 Å². The van der Waals surface area contributed by atoms with E-state index >= 15 is 0 Å². The van der Waals surface area contributed by atoms with Crippen molar-refractivity contribution in [1.82, 2.24) is 14.9 Å². The molecular weight excluding hydrogens is 516 g/mol. The summed E-state index contributed by atoms with van der Waals surface area (Å²) < 4.78 is 0. The smallest absolute Gasteiger partial charge is 0.224 e. The molecule has 0 radical (unpaired) electrons. The van der Waals surface area contributed by atoms with Gasteiger partial charge in [0, 0.05) is 46.2 Å². The molecule has 38 heavy (non-hydrogen) atoms. The Labute approximate surface area is 232 Å². The number of nitriles is 1. The summed E-state index contributed by atoms with van der Waals surface area (Å²) in [6.07, 6.45) is 4.54. The highest BCUT2D eigenvalue weighted by Crippen LogP contribution is 2.36. The Morgan fingerprint density at radius 2 is 2.00 bits per heavy atom. The van der Waals surface area contributed by atoms with Crippen molar-refractivity contribution in [3.8, 4) is 6.07 Å². The van der Waals surface area contributed by atoms with Crippen molar-refractivity contribution in [3.05, 3.63) is 82.8 Å². The van der Waals surface area contributed by atoms with Gasteiger partial charge in [0.25, 0.3) is 0 Å². The van der Waals surface area contributed by atoms with Crippen molar-refractivity contribution in [1.29, 1.82) is 5.26 Å². The lowest BCUT2D eigenvalue weighted by molar-refractivity contribution is -0.116. The lowest BCUT2D eigenvalue weighted by Crippen LogP contribution is -2.17. The molecule has 0 bridgehead atoms. The number of benzene rings is 2. The van der Waals surface area contributed by atoms with Gasteiger partial charge in [0.15, 0.2) is 0 Å². The van der Waals surface area contributed by atoms with Gasteiger partial charge in [0.2, 0.25) is 5.91 Å². The van der Waals surface area contributed by atoms with Gasteiger partial charge in [-0.05, 0) is 82.0 Å². The van der Waals surface area contributed by atoms with E-state index in [2.05, 4.69) is 31.6 Å². The number of amides is 1. The summed E-state index contributed by atoms with van der Waals surface area (Å²) in [6.45, 7) is 2.78. The number of thioether (sulfide) groups is 1. The molecular formula is C29H29ClN6OS. The summed E-state index contributed by atoms with van der Waals surface area (Å²) in [6, 6.07) is 17.6. The van der Waals surface area contributed by atoms with Crippen LogP contribution in [0.2, 0.25) is 5.02 Å². The SMILES string of the molecule is Cc1cc2ncc(C#N)c(Nc3ccc(SCc4ccccn4)c(Cl)c3)c2cc1NC(=O)CCCN(C)C. The standard InChI is InChI=1S/C29H29ClN6OS/c1-19-13-26-23(15-25(19)35-28(37)8-6-12-36(2)3)29(20(16-31)17-33-26)34-21-9-10-27(24(30)14-21)38-18-22-7-4-5-11-32-22/h4-5,7,9-11,13-15,17H,6,8,12,18H2,1-3H3,(H,33,34)(H,35,37). The van der Waals surface area contributed by atoms with Crippen molar-refractivity contribution >= 4 is 57.2 Å². The molecule has 0 aliphatic rings. The molecule has 4 aromatic rings. The van der Waals surface area contributed by atoms with Crippen LogP contribution in [0.3, 0.4) is 0 Å². The van der Waals surface area contributed by atoms with Crippen LogP contribution in [0.1, 0.15) is 29.7 Å². The largest absolute Gasteiger partial charge is 0.354 e. The van der Waals surface area contributed by atoms with Gasteiger partial charge in [-0.3, -0.25) is 14.8 Å². The number of rotatable bonds is 10. The summed E-state index contributed by atoms with van der Waals surface area (Å²) >= 11 is 8.22. The molecule has 0 aliphatic carbocycles. The van der Waals surface area contributed by atoms with Gasteiger partial charge in [-0.2, -0.15) is 5.26 Å². The number of anilines is 3. The molecule has 1 amide bonds. The van der Waals surface area contributed by atoms with E-state index in [-0.39, 0.29) is 5.91 Å². The zero-order chi connectivity index (χ0) is 27.1. The van der Waals surface area contributed by atoms with Crippen molar-refractivity contribution in [3.63, 3.8) is 0 Å². The van der Waals surface area contributed by atoms with Crippen molar-refractivity contribution < 1.29 is 4.79 Å². The highest BCUT2D eigenvalue weighted by Gasteiger charge is 2.14. The van der Waals surface area contributed by atoms with Crippen molar-refractivity contribution in [2.24, 2.45) is 0 Å². The first-order chi connectivity index (χ1) is 18.3. The number of nitrogens with zero attached hydrogens (tertiary/aromatic N) is 4. The Hall–Kier alpha value is -3.64. The number of hydrogen-bond donors (Lipinski definition) is 2. The fraction of sp³-hybridized carbons (Fsp3) is 0.241. The molecule has 2 aromatic heterocycles. The fourth-order valence-electron chi connectivity index (χ4n) is 3.94. The van der Waals surface area contributed by atoms with E-state index in [9.17, 15) is 10.1 Å². The molecule has 0 saturated heterocycles. The third-order valence-electron chi connectivity index (χ3n) is 5.92. The quantitative estimate of drug-likeness (QED) is 0.212. The molecule has 194 valence electrons. The monoisotopic (exact) mass is 544 g/mol. The van der Waals surface area contributed by atoms with Crippen LogP contribution in [0.15, 0.2) is 65.8 Å². The van der Waals surface area contributed by atoms with E-state index in [1.54, 1.807) is 24.2 Å². The minimum Gasteiger partial charge on any atom is -0.354 e. The van der Waals surface area contributed by atoms with Crippen LogP contribution >= 0.6 is 23.4 Å². The molecule has 0 saturated carbocycles. The Morgan fingerprint density at radius 3 is 2.71 bits per heavy atom. The Bertz CT molecular complexity index is 1490. The molecule has 0 unspecified atom stereocenters. The third-order valence-corrected chi connectivity index (χ3v) is 7.45. The number of halogens is 1. The summed E-state index contributed by atoms with van der Waals surface area (Å²) in [7, 11) is 3.98. The number of fused-ring (bicyclic) bond motifs is 1. The molecule has 4 rings (SSSR count). The molecule has 0 atom stereocenters. The highest BCUT2D eigenvalue weighted by molar-refractivity contribution is 7.98. The van der Waals surface area contributed by atoms with Crippen LogP contribution in [-0.2, 0) is 10.5 Å². The van der Waals surface area contributed by atoms with E-state index in [0.717, 1.165) is 45.7 Å². The second-order valence-corrected chi connectivity index (χ2v) is 10.6. The van der Waals surface area contributed by atoms with Gasteiger partial charge in [0.1, 0.15) is 6.07 Å². The van der Waals surface area contributed by atoms with Crippen molar-refractivity contribution in [2.75, 3.05) is 31.3 Å². The maximum atomic E-state index is 12.6. The Kier molecular flexibility index (Phi) is 9.19. The van der Waals surface area contributed by atoms with E-state index in [1.165, 1.54) is 0 Å². The molecule has 0 spiro atoms. The maximum absolute atomic E-state index is 12.6. The Balaban J connectivity index is 1.58. The predicted molar refractivity (Wildman–Crippen MR) is 156 cm³/mol.